The molecule has 0 bridgehead atoms. The van der Waals surface area contributed by atoms with Crippen molar-refractivity contribution in [1.29, 1.82) is 0 Å². The minimum atomic E-state index is 0.0573. The third-order valence-corrected chi connectivity index (χ3v) is 5.59. The zero-order chi connectivity index (χ0) is 19.3. The summed E-state index contributed by atoms with van der Waals surface area (Å²) in [5, 5.41) is 0. The van der Waals surface area contributed by atoms with Crippen molar-refractivity contribution < 1.29 is 4.79 Å². The number of nitrogens with zero attached hydrogens (tertiary/aromatic N) is 6. The van der Waals surface area contributed by atoms with Gasteiger partial charge in [-0.2, -0.15) is 0 Å². The highest BCUT2D eigenvalue weighted by atomic mass is 16.2. The summed E-state index contributed by atoms with van der Waals surface area (Å²) >= 11 is 0. The first-order valence-electron chi connectivity index (χ1n) is 10.2. The number of rotatable bonds is 3. The van der Waals surface area contributed by atoms with Gasteiger partial charge in [-0.05, 0) is 43.4 Å². The van der Waals surface area contributed by atoms with Gasteiger partial charge in [0.05, 0.1) is 5.56 Å². The maximum Gasteiger partial charge on any atom is 0.255 e. The number of hydrogen-bond acceptors (Lipinski definition) is 6. The van der Waals surface area contributed by atoms with Crippen LogP contribution in [0.5, 0.6) is 0 Å². The minimum Gasteiger partial charge on any atom is -0.356 e. The predicted octanol–water partition coefficient (Wildman–Crippen LogP) is 2.46. The molecular formula is C21H28N6O. The van der Waals surface area contributed by atoms with Crippen molar-refractivity contribution in [2.24, 2.45) is 5.92 Å². The van der Waals surface area contributed by atoms with E-state index < -0.39 is 0 Å². The van der Waals surface area contributed by atoms with Crippen molar-refractivity contribution in [3.8, 4) is 0 Å². The Morgan fingerprint density at radius 1 is 0.964 bits per heavy atom. The molecule has 2 saturated heterocycles. The number of carbonyl (C=O) groups is 1. The van der Waals surface area contributed by atoms with Crippen molar-refractivity contribution in [3.05, 3.63) is 42.4 Å². The monoisotopic (exact) mass is 380 g/mol. The van der Waals surface area contributed by atoms with Crippen LogP contribution < -0.4 is 9.80 Å². The second-order valence-corrected chi connectivity index (χ2v) is 7.78. The molecule has 2 aliphatic heterocycles. The molecule has 2 aliphatic rings. The van der Waals surface area contributed by atoms with Crippen molar-refractivity contribution in [3.63, 3.8) is 0 Å². The van der Waals surface area contributed by atoms with Crippen molar-refractivity contribution in [1.82, 2.24) is 19.9 Å². The highest BCUT2D eigenvalue weighted by Crippen LogP contribution is 2.21. The number of aromatic nitrogens is 3. The Labute approximate surface area is 166 Å². The SMILES string of the molecule is C[C@@H]1CCCN(c2ccc(C(=O)N3CCCN(c4ncccn4)CC3)cn2)C1. The zero-order valence-corrected chi connectivity index (χ0v) is 16.5. The van der Waals surface area contributed by atoms with Crippen LogP contribution in [0.25, 0.3) is 0 Å². The summed E-state index contributed by atoms with van der Waals surface area (Å²) in [7, 11) is 0. The van der Waals surface area contributed by atoms with Gasteiger partial charge >= 0.3 is 0 Å². The van der Waals surface area contributed by atoms with Crippen LogP contribution in [-0.2, 0) is 0 Å². The first-order valence-corrected chi connectivity index (χ1v) is 10.2. The first kappa shape index (κ1) is 18.7. The molecule has 0 aromatic carbocycles. The number of hydrogen-bond donors (Lipinski definition) is 0. The van der Waals surface area contributed by atoms with E-state index >= 15 is 0 Å². The molecule has 2 fully saturated rings. The van der Waals surface area contributed by atoms with Gasteiger partial charge in [-0.1, -0.05) is 6.92 Å². The molecule has 0 spiro atoms. The summed E-state index contributed by atoms with van der Waals surface area (Å²) in [6.45, 7) is 7.40. The van der Waals surface area contributed by atoms with Crippen molar-refractivity contribution in [2.45, 2.75) is 26.2 Å². The van der Waals surface area contributed by atoms with E-state index in [1.165, 1.54) is 12.8 Å². The second-order valence-electron chi connectivity index (χ2n) is 7.78. The lowest BCUT2D eigenvalue weighted by atomic mass is 10.0. The van der Waals surface area contributed by atoms with Gasteiger partial charge in [0.25, 0.3) is 5.91 Å². The Kier molecular flexibility index (Phi) is 5.69. The molecule has 4 rings (SSSR count). The molecule has 148 valence electrons. The molecule has 28 heavy (non-hydrogen) atoms. The molecule has 1 amide bonds. The highest BCUT2D eigenvalue weighted by molar-refractivity contribution is 5.94. The maximum atomic E-state index is 13.0. The number of carbonyl (C=O) groups excluding carboxylic acids is 1. The Morgan fingerprint density at radius 3 is 2.54 bits per heavy atom. The van der Waals surface area contributed by atoms with Crippen LogP contribution in [0.1, 0.15) is 36.5 Å². The fraction of sp³-hybridized carbons (Fsp3) is 0.524. The van der Waals surface area contributed by atoms with Crippen LogP contribution in [0.2, 0.25) is 0 Å². The minimum absolute atomic E-state index is 0.0573. The number of piperidine rings is 1. The highest BCUT2D eigenvalue weighted by Gasteiger charge is 2.22. The van der Waals surface area contributed by atoms with E-state index in [0.717, 1.165) is 50.9 Å². The third-order valence-electron chi connectivity index (χ3n) is 5.59. The van der Waals surface area contributed by atoms with Gasteiger partial charge in [-0.25, -0.2) is 15.0 Å². The molecule has 1 atom stereocenters. The molecule has 0 N–H and O–H groups in total. The lowest BCUT2D eigenvalue weighted by Gasteiger charge is -2.31. The lowest BCUT2D eigenvalue weighted by Crippen LogP contribution is -2.36. The molecular weight excluding hydrogens is 352 g/mol. The average Bonchev–Trinajstić information content (AvgIpc) is 3.00. The van der Waals surface area contributed by atoms with E-state index in [1.54, 1.807) is 18.6 Å². The quantitative estimate of drug-likeness (QED) is 0.815. The number of amides is 1. The number of pyridine rings is 1. The first-order chi connectivity index (χ1) is 13.7. The van der Waals surface area contributed by atoms with Crippen LogP contribution in [0.3, 0.4) is 0 Å². The van der Waals surface area contributed by atoms with Crippen LogP contribution in [0.15, 0.2) is 36.8 Å². The van der Waals surface area contributed by atoms with E-state index in [4.69, 9.17) is 0 Å². The fourth-order valence-electron chi connectivity index (χ4n) is 4.05. The Balaban J connectivity index is 1.39. The topological polar surface area (TPSA) is 65.5 Å². The molecule has 7 nitrogen and oxygen atoms in total. The molecule has 0 radical (unpaired) electrons. The molecule has 0 unspecified atom stereocenters. The van der Waals surface area contributed by atoms with E-state index in [2.05, 4.69) is 31.7 Å². The lowest BCUT2D eigenvalue weighted by molar-refractivity contribution is 0.0766. The summed E-state index contributed by atoms with van der Waals surface area (Å²) in [6, 6.07) is 5.73. The smallest absolute Gasteiger partial charge is 0.255 e. The van der Waals surface area contributed by atoms with Gasteiger partial charge in [0.2, 0.25) is 5.95 Å². The normalized spacial score (nSPS) is 20.8. The van der Waals surface area contributed by atoms with Gasteiger partial charge in [0.1, 0.15) is 5.82 Å². The van der Waals surface area contributed by atoms with Crippen LogP contribution in [-0.4, -0.2) is 65.0 Å². The second kappa shape index (κ2) is 8.54. The summed E-state index contributed by atoms with van der Waals surface area (Å²) in [5.41, 5.74) is 0.665. The van der Waals surface area contributed by atoms with E-state index in [1.807, 2.05) is 23.1 Å². The third kappa shape index (κ3) is 4.24. The Hall–Kier alpha value is -2.70. The average molecular weight is 380 g/mol. The largest absolute Gasteiger partial charge is 0.356 e. The number of anilines is 2. The van der Waals surface area contributed by atoms with Crippen LogP contribution in [0, 0.1) is 5.92 Å². The summed E-state index contributed by atoms with van der Waals surface area (Å²) in [4.78, 5) is 32.6. The molecule has 7 heteroatoms. The van der Waals surface area contributed by atoms with Gasteiger partial charge in [0.15, 0.2) is 0 Å². The van der Waals surface area contributed by atoms with Crippen molar-refractivity contribution in [2.75, 3.05) is 49.1 Å². The molecule has 0 saturated carbocycles. The molecule has 0 aliphatic carbocycles. The summed E-state index contributed by atoms with van der Waals surface area (Å²) in [5.74, 6) is 2.47. The zero-order valence-electron chi connectivity index (χ0n) is 16.5. The molecule has 2 aromatic rings. The summed E-state index contributed by atoms with van der Waals surface area (Å²) < 4.78 is 0. The predicted molar refractivity (Wildman–Crippen MR) is 110 cm³/mol. The van der Waals surface area contributed by atoms with Gasteiger partial charge in [0, 0.05) is 57.9 Å². The summed E-state index contributed by atoms with van der Waals surface area (Å²) in [6.07, 6.45) is 8.64. The maximum absolute atomic E-state index is 13.0. The van der Waals surface area contributed by atoms with Crippen LogP contribution in [0.4, 0.5) is 11.8 Å². The Bertz CT molecular complexity index is 781. The van der Waals surface area contributed by atoms with Crippen LogP contribution >= 0.6 is 0 Å². The van der Waals surface area contributed by atoms with Gasteiger partial charge in [-0.3, -0.25) is 4.79 Å². The van der Waals surface area contributed by atoms with E-state index in [9.17, 15) is 4.79 Å². The molecule has 4 heterocycles. The standard InChI is InChI=1S/C21H28N6O/c1-17-5-2-10-27(16-17)19-7-6-18(15-24-19)20(28)25-11-4-12-26(14-13-25)21-22-8-3-9-23-21/h3,6-9,15,17H,2,4-5,10-14,16H2,1H3/t17-/m1/s1. The van der Waals surface area contributed by atoms with E-state index in [-0.39, 0.29) is 5.91 Å². The fourth-order valence-corrected chi connectivity index (χ4v) is 4.05. The Morgan fingerprint density at radius 2 is 1.79 bits per heavy atom. The van der Waals surface area contributed by atoms with E-state index in [0.29, 0.717) is 18.0 Å². The molecule has 2 aromatic heterocycles. The van der Waals surface area contributed by atoms with Gasteiger partial charge in [-0.15, -0.1) is 0 Å². The van der Waals surface area contributed by atoms with Gasteiger partial charge < -0.3 is 14.7 Å². The van der Waals surface area contributed by atoms with Crippen molar-refractivity contribution >= 4 is 17.7 Å².